The zero-order valence-electron chi connectivity index (χ0n) is 10.5. The van der Waals surface area contributed by atoms with Crippen LogP contribution in [0.2, 0.25) is 0 Å². The Balaban J connectivity index is 1.70. The summed E-state index contributed by atoms with van der Waals surface area (Å²) in [6.07, 6.45) is 3.74. The van der Waals surface area contributed by atoms with E-state index in [1.165, 1.54) is 37.3 Å². The average Bonchev–Trinajstić information content (AvgIpc) is 2.98. The van der Waals surface area contributed by atoms with Gasteiger partial charge in [0, 0.05) is 6.54 Å². The van der Waals surface area contributed by atoms with E-state index < -0.39 is 0 Å². The van der Waals surface area contributed by atoms with Crippen LogP contribution >= 0.6 is 11.3 Å². The Kier molecular flexibility index (Phi) is 3.48. The van der Waals surface area contributed by atoms with Crippen molar-refractivity contribution in [3.63, 3.8) is 0 Å². The first-order chi connectivity index (χ1) is 8.84. The number of aryl methyl sites for hydroxylation is 1. The highest BCUT2D eigenvalue weighted by Gasteiger charge is 2.11. The predicted octanol–water partition coefficient (Wildman–Crippen LogP) is 2.55. The summed E-state index contributed by atoms with van der Waals surface area (Å²) in [5.41, 5.74) is 1.09. The number of aromatic nitrogens is 1. The molecule has 0 aliphatic carbocycles. The van der Waals surface area contributed by atoms with E-state index in [9.17, 15) is 4.79 Å². The first-order valence-corrected chi connectivity index (χ1v) is 7.47. The second-order valence-electron chi connectivity index (χ2n) is 4.89. The van der Waals surface area contributed by atoms with E-state index in [1.807, 2.05) is 28.8 Å². The van der Waals surface area contributed by atoms with Crippen molar-refractivity contribution in [2.75, 3.05) is 19.6 Å². The van der Waals surface area contributed by atoms with E-state index in [4.69, 9.17) is 0 Å². The number of hydrogen-bond acceptors (Lipinski definition) is 3. The van der Waals surface area contributed by atoms with Crippen molar-refractivity contribution in [1.29, 1.82) is 0 Å². The highest BCUT2D eigenvalue weighted by atomic mass is 32.1. The van der Waals surface area contributed by atoms with E-state index in [-0.39, 0.29) is 4.87 Å². The molecular weight excluding hydrogens is 244 g/mol. The highest BCUT2D eigenvalue weighted by molar-refractivity contribution is 7.16. The van der Waals surface area contributed by atoms with Gasteiger partial charge >= 0.3 is 4.87 Å². The van der Waals surface area contributed by atoms with Gasteiger partial charge in [0.05, 0.1) is 10.2 Å². The number of para-hydroxylation sites is 1. The quantitative estimate of drug-likeness (QED) is 0.846. The Hall–Kier alpha value is -1.13. The van der Waals surface area contributed by atoms with Crippen molar-refractivity contribution in [1.82, 2.24) is 9.47 Å². The van der Waals surface area contributed by atoms with Gasteiger partial charge < -0.3 is 4.90 Å². The molecule has 0 saturated carbocycles. The number of thiazole rings is 1. The molecule has 0 radical (unpaired) electrons. The Bertz CT molecular complexity index is 581. The van der Waals surface area contributed by atoms with Crippen LogP contribution < -0.4 is 4.87 Å². The molecular formula is C14H18N2OS. The fraction of sp³-hybridized carbons (Fsp3) is 0.500. The Morgan fingerprint density at radius 1 is 1.11 bits per heavy atom. The molecule has 1 aromatic heterocycles. The van der Waals surface area contributed by atoms with Crippen molar-refractivity contribution in [3.05, 3.63) is 33.9 Å². The summed E-state index contributed by atoms with van der Waals surface area (Å²) >= 11 is 1.36. The first kappa shape index (κ1) is 11.9. The molecule has 1 fully saturated rings. The van der Waals surface area contributed by atoms with Crippen LogP contribution in [0.5, 0.6) is 0 Å². The van der Waals surface area contributed by atoms with Gasteiger partial charge in [-0.15, -0.1) is 0 Å². The van der Waals surface area contributed by atoms with E-state index in [2.05, 4.69) is 4.90 Å². The molecule has 18 heavy (non-hydrogen) atoms. The number of fused-ring (bicyclic) bond motifs is 1. The summed E-state index contributed by atoms with van der Waals surface area (Å²) < 4.78 is 3.03. The molecule has 96 valence electrons. The summed E-state index contributed by atoms with van der Waals surface area (Å²) in [6, 6.07) is 8.07. The maximum atomic E-state index is 11.9. The van der Waals surface area contributed by atoms with Crippen molar-refractivity contribution >= 4 is 21.6 Å². The zero-order valence-corrected chi connectivity index (χ0v) is 11.3. The third kappa shape index (κ3) is 2.35. The molecule has 1 aromatic carbocycles. The van der Waals surface area contributed by atoms with Crippen molar-refractivity contribution < 1.29 is 0 Å². The molecule has 0 spiro atoms. The molecule has 2 heterocycles. The van der Waals surface area contributed by atoms with Gasteiger partial charge in [-0.3, -0.25) is 9.36 Å². The molecule has 3 nitrogen and oxygen atoms in total. The van der Waals surface area contributed by atoms with Crippen LogP contribution in [0.3, 0.4) is 0 Å². The van der Waals surface area contributed by atoms with Crippen LogP contribution in [0.4, 0.5) is 0 Å². The summed E-state index contributed by atoms with van der Waals surface area (Å²) in [5, 5.41) is 0. The van der Waals surface area contributed by atoms with Gasteiger partial charge in [0.1, 0.15) is 0 Å². The SMILES string of the molecule is O=c1sc2ccccc2n1CCCN1CCCC1. The van der Waals surface area contributed by atoms with Crippen molar-refractivity contribution in [3.8, 4) is 0 Å². The Labute approximate surface area is 111 Å². The van der Waals surface area contributed by atoms with Gasteiger partial charge in [-0.1, -0.05) is 23.5 Å². The third-order valence-corrected chi connectivity index (χ3v) is 4.59. The minimum absolute atomic E-state index is 0.178. The minimum atomic E-state index is 0.178. The molecule has 1 aliphatic heterocycles. The molecule has 0 atom stereocenters. The number of likely N-dealkylation sites (tertiary alicyclic amines) is 1. The monoisotopic (exact) mass is 262 g/mol. The van der Waals surface area contributed by atoms with Crippen LogP contribution in [0.25, 0.3) is 10.2 Å². The summed E-state index contributed by atoms with van der Waals surface area (Å²) in [5.74, 6) is 0. The molecule has 0 N–H and O–H groups in total. The Morgan fingerprint density at radius 3 is 2.72 bits per heavy atom. The lowest BCUT2D eigenvalue weighted by molar-refractivity contribution is 0.326. The fourth-order valence-electron chi connectivity index (χ4n) is 2.68. The fourth-order valence-corrected chi connectivity index (χ4v) is 3.60. The molecule has 1 saturated heterocycles. The standard InChI is InChI=1S/C14H18N2OS/c17-14-16(11-5-10-15-8-3-4-9-15)12-6-1-2-7-13(12)18-14/h1-2,6-7H,3-5,8-11H2. The van der Waals surface area contributed by atoms with Crippen molar-refractivity contribution in [2.45, 2.75) is 25.8 Å². The predicted molar refractivity (Wildman–Crippen MR) is 76.4 cm³/mol. The lowest BCUT2D eigenvalue weighted by Crippen LogP contribution is -2.23. The number of nitrogens with zero attached hydrogens (tertiary/aromatic N) is 2. The lowest BCUT2D eigenvalue weighted by Gasteiger charge is -2.14. The molecule has 0 bridgehead atoms. The van der Waals surface area contributed by atoms with Gasteiger partial charge in [-0.2, -0.15) is 0 Å². The van der Waals surface area contributed by atoms with Gasteiger partial charge in [0.2, 0.25) is 0 Å². The maximum Gasteiger partial charge on any atom is 0.308 e. The molecule has 4 heteroatoms. The van der Waals surface area contributed by atoms with Crippen LogP contribution in [0, 0.1) is 0 Å². The van der Waals surface area contributed by atoms with Gasteiger partial charge in [0.25, 0.3) is 0 Å². The molecule has 3 rings (SSSR count). The molecule has 1 aliphatic rings. The van der Waals surface area contributed by atoms with Crippen LogP contribution in [-0.2, 0) is 6.54 Å². The first-order valence-electron chi connectivity index (χ1n) is 6.65. The second-order valence-corrected chi connectivity index (χ2v) is 5.88. The van der Waals surface area contributed by atoms with E-state index in [1.54, 1.807) is 0 Å². The molecule has 0 amide bonds. The van der Waals surface area contributed by atoms with E-state index in [0.717, 1.165) is 29.7 Å². The smallest absolute Gasteiger partial charge is 0.303 e. The van der Waals surface area contributed by atoms with Gasteiger partial charge in [-0.25, -0.2) is 0 Å². The molecule has 0 unspecified atom stereocenters. The van der Waals surface area contributed by atoms with Gasteiger partial charge in [0.15, 0.2) is 0 Å². The highest BCUT2D eigenvalue weighted by Crippen LogP contribution is 2.17. The van der Waals surface area contributed by atoms with E-state index >= 15 is 0 Å². The van der Waals surface area contributed by atoms with Crippen LogP contribution in [0.1, 0.15) is 19.3 Å². The zero-order chi connectivity index (χ0) is 12.4. The van der Waals surface area contributed by atoms with Crippen LogP contribution in [-0.4, -0.2) is 29.1 Å². The number of rotatable bonds is 4. The maximum absolute atomic E-state index is 11.9. The van der Waals surface area contributed by atoms with Gasteiger partial charge in [-0.05, 0) is 51.0 Å². The largest absolute Gasteiger partial charge is 0.308 e. The number of benzene rings is 1. The second kappa shape index (κ2) is 5.24. The number of hydrogen-bond donors (Lipinski definition) is 0. The Morgan fingerprint density at radius 2 is 1.89 bits per heavy atom. The summed E-state index contributed by atoms with van der Waals surface area (Å²) in [7, 11) is 0. The van der Waals surface area contributed by atoms with E-state index in [0.29, 0.717) is 0 Å². The van der Waals surface area contributed by atoms with Crippen LogP contribution in [0.15, 0.2) is 29.1 Å². The average molecular weight is 262 g/mol. The van der Waals surface area contributed by atoms with Crippen molar-refractivity contribution in [2.24, 2.45) is 0 Å². The molecule has 2 aromatic rings. The lowest BCUT2D eigenvalue weighted by atomic mass is 10.3. The minimum Gasteiger partial charge on any atom is -0.303 e. The third-order valence-electron chi connectivity index (χ3n) is 3.63. The summed E-state index contributed by atoms with van der Waals surface area (Å²) in [6.45, 7) is 4.44. The topological polar surface area (TPSA) is 25.2 Å². The normalized spacial score (nSPS) is 16.7. The summed E-state index contributed by atoms with van der Waals surface area (Å²) in [4.78, 5) is 14.6.